The van der Waals surface area contributed by atoms with E-state index in [1.807, 2.05) is 11.4 Å². The second-order valence-electron chi connectivity index (χ2n) is 4.95. The van der Waals surface area contributed by atoms with Crippen LogP contribution in [0.4, 0.5) is 8.78 Å². The van der Waals surface area contributed by atoms with Gasteiger partial charge in [-0.05, 0) is 30.2 Å². The third-order valence-corrected chi connectivity index (χ3v) is 4.22. The molecule has 3 nitrogen and oxygen atoms in total. The van der Waals surface area contributed by atoms with Crippen molar-refractivity contribution in [1.82, 2.24) is 5.32 Å². The lowest BCUT2D eigenvalue weighted by Crippen LogP contribution is -2.33. The summed E-state index contributed by atoms with van der Waals surface area (Å²) in [5, 5.41) is 5.05. The Hall–Kier alpha value is -0.440. The van der Waals surface area contributed by atoms with Gasteiger partial charge in [0.2, 0.25) is 5.92 Å². The number of aliphatic imine (C=N–C) groups is 1. The van der Waals surface area contributed by atoms with Crippen molar-refractivity contribution in [2.75, 3.05) is 13.1 Å². The Kier molecular flexibility index (Phi) is 7.14. The SMILES string of the molecule is I.NC(=NCC1CCC(F)(F)C1)NCCc1cccs1. The summed E-state index contributed by atoms with van der Waals surface area (Å²) in [6.45, 7) is 1.12. The van der Waals surface area contributed by atoms with Gasteiger partial charge in [-0.15, -0.1) is 35.3 Å². The molecular formula is C13H20F2IN3S. The highest BCUT2D eigenvalue weighted by Gasteiger charge is 2.39. The molecule has 1 aliphatic rings. The highest BCUT2D eigenvalue weighted by molar-refractivity contribution is 14.0. The number of thiophene rings is 1. The van der Waals surface area contributed by atoms with E-state index in [9.17, 15) is 8.78 Å². The molecule has 0 amide bonds. The van der Waals surface area contributed by atoms with E-state index in [1.165, 1.54) is 4.88 Å². The fourth-order valence-electron chi connectivity index (χ4n) is 2.25. The number of hydrogen-bond donors (Lipinski definition) is 2. The van der Waals surface area contributed by atoms with Crippen LogP contribution in [-0.4, -0.2) is 25.0 Å². The molecule has 2 rings (SSSR count). The summed E-state index contributed by atoms with van der Waals surface area (Å²) in [4.78, 5) is 5.43. The average molecular weight is 415 g/mol. The summed E-state index contributed by atoms with van der Waals surface area (Å²) in [5.41, 5.74) is 5.71. The fourth-order valence-corrected chi connectivity index (χ4v) is 2.96. The minimum Gasteiger partial charge on any atom is -0.370 e. The van der Waals surface area contributed by atoms with E-state index in [4.69, 9.17) is 5.73 Å². The maximum atomic E-state index is 13.0. The molecule has 0 saturated heterocycles. The molecule has 114 valence electrons. The number of nitrogens with zero attached hydrogens (tertiary/aromatic N) is 1. The number of nitrogens with one attached hydrogen (secondary N) is 1. The largest absolute Gasteiger partial charge is 0.370 e. The highest BCUT2D eigenvalue weighted by atomic mass is 127. The molecule has 1 fully saturated rings. The monoisotopic (exact) mass is 415 g/mol. The van der Waals surface area contributed by atoms with Gasteiger partial charge in [-0.3, -0.25) is 4.99 Å². The first-order valence-electron chi connectivity index (χ1n) is 6.49. The van der Waals surface area contributed by atoms with Crippen LogP contribution < -0.4 is 11.1 Å². The summed E-state index contributed by atoms with van der Waals surface area (Å²) >= 11 is 1.70. The van der Waals surface area contributed by atoms with Crippen molar-refractivity contribution in [2.45, 2.75) is 31.6 Å². The molecule has 0 spiro atoms. The second kappa shape index (κ2) is 8.11. The van der Waals surface area contributed by atoms with Gasteiger partial charge in [-0.2, -0.15) is 0 Å². The van der Waals surface area contributed by atoms with Crippen LogP contribution in [-0.2, 0) is 6.42 Å². The van der Waals surface area contributed by atoms with Gasteiger partial charge in [0.1, 0.15) is 0 Å². The molecule has 1 unspecified atom stereocenters. The smallest absolute Gasteiger partial charge is 0.248 e. The van der Waals surface area contributed by atoms with Gasteiger partial charge in [0.25, 0.3) is 0 Å². The van der Waals surface area contributed by atoms with E-state index in [2.05, 4.69) is 16.4 Å². The van der Waals surface area contributed by atoms with Crippen molar-refractivity contribution >= 4 is 41.3 Å². The van der Waals surface area contributed by atoms with Gasteiger partial charge >= 0.3 is 0 Å². The summed E-state index contributed by atoms with van der Waals surface area (Å²) in [6.07, 6.45) is 1.37. The molecule has 1 saturated carbocycles. The summed E-state index contributed by atoms with van der Waals surface area (Å²) in [5.74, 6) is -2.18. The van der Waals surface area contributed by atoms with Gasteiger partial charge in [0, 0.05) is 30.8 Å². The zero-order chi connectivity index (χ0) is 13.7. The Morgan fingerprint density at radius 3 is 2.95 bits per heavy atom. The Morgan fingerprint density at radius 1 is 1.55 bits per heavy atom. The first kappa shape index (κ1) is 17.6. The minimum atomic E-state index is -2.50. The molecule has 0 aliphatic heterocycles. The molecule has 7 heteroatoms. The molecule has 1 aromatic heterocycles. The predicted molar refractivity (Wildman–Crippen MR) is 90.2 cm³/mol. The van der Waals surface area contributed by atoms with E-state index in [-0.39, 0.29) is 42.7 Å². The van der Waals surface area contributed by atoms with Crippen molar-refractivity contribution in [2.24, 2.45) is 16.6 Å². The Bertz CT molecular complexity index is 423. The Balaban J connectivity index is 0.00000200. The average Bonchev–Trinajstić information content (AvgIpc) is 2.96. The predicted octanol–water partition coefficient (Wildman–Crippen LogP) is 3.25. The van der Waals surface area contributed by atoms with Crippen LogP contribution in [0.1, 0.15) is 24.1 Å². The maximum Gasteiger partial charge on any atom is 0.248 e. The van der Waals surface area contributed by atoms with E-state index < -0.39 is 5.92 Å². The molecule has 3 N–H and O–H groups in total. The Morgan fingerprint density at radius 2 is 2.35 bits per heavy atom. The van der Waals surface area contributed by atoms with Crippen LogP contribution in [0.5, 0.6) is 0 Å². The van der Waals surface area contributed by atoms with Gasteiger partial charge in [-0.25, -0.2) is 8.78 Å². The van der Waals surface area contributed by atoms with Crippen molar-refractivity contribution in [3.05, 3.63) is 22.4 Å². The molecule has 0 aromatic carbocycles. The van der Waals surface area contributed by atoms with Gasteiger partial charge in [0.05, 0.1) is 0 Å². The molecule has 0 bridgehead atoms. The summed E-state index contributed by atoms with van der Waals surface area (Å²) in [6, 6.07) is 4.08. The van der Waals surface area contributed by atoms with Gasteiger partial charge < -0.3 is 11.1 Å². The molecule has 20 heavy (non-hydrogen) atoms. The van der Waals surface area contributed by atoms with Crippen molar-refractivity contribution in [3.63, 3.8) is 0 Å². The normalized spacial score (nSPS) is 21.5. The number of rotatable bonds is 5. The van der Waals surface area contributed by atoms with Crippen LogP contribution in [0.3, 0.4) is 0 Å². The Labute approximate surface area is 139 Å². The number of nitrogens with two attached hydrogens (primary N) is 1. The number of alkyl halides is 2. The number of halogens is 3. The van der Waals surface area contributed by atoms with Crippen molar-refractivity contribution < 1.29 is 8.78 Å². The van der Waals surface area contributed by atoms with Crippen molar-refractivity contribution in [1.29, 1.82) is 0 Å². The van der Waals surface area contributed by atoms with Crippen LogP contribution in [0.25, 0.3) is 0 Å². The number of hydrogen-bond acceptors (Lipinski definition) is 2. The quantitative estimate of drug-likeness (QED) is 0.441. The van der Waals surface area contributed by atoms with E-state index in [1.54, 1.807) is 11.3 Å². The first-order valence-corrected chi connectivity index (χ1v) is 7.37. The lowest BCUT2D eigenvalue weighted by Gasteiger charge is -2.09. The van der Waals surface area contributed by atoms with Gasteiger partial charge in [-0.1, -0.05) is 6.07 Å². The topological polar surface area (TPSA) is 50.4 Å². The maximum absolute atomic E-state index is 13.0. The van der Waals surface area contributed by atoms with Crippen LogP contribution in [0, 0.1) is 5.92 Å². The number of guanidine groups is 1. The minimum absolute atomic E-state index is 0. The zero-order valence-electron chi connectivity index (χ0n) is 11.1. The van der Waals surface area contributed by atoms with E-state index in [0.29, 0.717) is 18.9 Å². The van der Waals surface area contributed by atoms with Gasteiger partial charge in [0.15, 0.2) is 5.96 Å². The lowest BCUT2D eigenvalue weighted by atomic mass is 10.1. The molecule has 1 atom stereocenters. The molecule has 0 radical (unpaired) electrons. The van der Waals surface area contributed by atoms with Crippen LogP contribution >= 0.6 is 35.3 Å². The van der Waals surface area contributed by atoms with E-state index in [0.717, 1.165) is 13.0 Å². The molecule has 1 aromatic rings. The highest BCUT2D eigenvalue weighted by Crippen LogP contribution is 2.38. The fraction of sp³-hybridized carbons (Fsp3) is 0.615. The van der Waals surface area contributed by atoms with Crippen LogP contribution in [0.15, 0.2) is 22.5 Å². The third kappa shape index (κ3) is 5.90. The lowest BCUT2D eigenvalue weighted by molar-refractivity contribution is 0.00542. The molecular weight excluding hydrogens is 395 g/mol. The molecule has 1 heterocycles. The van der Waals surface area contributed by atoms with Crippen LogP contribution in [0.2, 0.25) is 0 Å². The summed E-state index contributed by atoms with van der Waals surface area (Å²) < 4.78 is 26.0. The standard InChI is InChI=1S/C13H19F2N3S.HI/c14-13(15)5-3-10(8-13)9-18-12(16)17-6-4-11-2-1-7-19-11;/h1-2,7,10H,3-6,8-9H2,(H3,16,17,18);1H. The zero-order valence-corrected chi connectivity index (χ0v) is 14.3. The molecule has 1 aliphatic carbocycles. The summed E-state index contributed by atoms with van der Waals surface area (Å²) in [7, 11) is 0. The van der Waals surface area contributed by atoms with E-state index >= 15 is 0 Å². The van der Waals surface area contributed by atoms with Crippen molar-refractivity contribution in [3.8, 4) is 0 Å². The first-order chi connectivity index (χ1) is 9.05. The second-order valence-corrected chi connectivity index (χ2v) is 5.98. The third-order valence-electron chi connectivity index (χ3n) is 3.28.